The molecule has 1 unspecified atom stereocenters. The highest BCUT2D eigenvalue weighted by molar-refractivity contribution is 6.07. The standard InChI is InChI=1S/C23H22O4/c1-4-22(24)27-19-8-10-21-18(14-19)7-6-17-13-16(5-9-20(17)21)11-12-26-23(25)15(2)3/h4-10,13-14,22,24H,1-2,11-12H2,3H3. The topological polar surface area (TPSA) is 55.8 Å². The fourth-order valence-electron chi connectivity index (χ4n) is 2.90. The summed E-state index contributed by atoms with van der Waals surface area (Å²) in [6.07, 6.45) is 0.961. The van der Waals surface area contributed by atoms with Crippen molar-refractivity contribution >= 4 is 27.5 Å². The van der Waals surface area contributed by atoms with Gasteiger partial charge in [0.05, 0.1) is 6.61 Å². The Morgan fingerprint density at radius 3 is 2.44 bits per heavy atom. The maximum Gasteiger partial charge on any atom is 0.333 e. The van der Waals surface area contributed by atoms with Crippen LogP contribution >= 0.6 is 0 Å². The first-order valence-electron chi connectivity index (χ1n) is 8.73. The molecule has 0 spiro atoms. The Morgan fingerprint density at radius 2 is 1.78 bits per heavy atom. The zero-order chi connectivity index (χ0) is 19.4. The van der Waals surface area contributed by atoms with Gasteiger partial charge in [-0.05, 0) is 52.2 Å². The van der Waals surface area contributed by atoms with Crippen LogP contribution in [0.4, 0.5) is 0 Å². The van der Waals surface area contributed by atoms with E-state index in [1.165, 1.54) is 6.08 Å². The van der Waals surface area contributed by atoms with E-state index in [1.54, 1.807) is 6.92 Å². The largest absolute Gasteiger partial charge is 0.462 e. The molecule has 3 aromatic rings. The minimum absolute atomic E-state index is 0.330. The normalized spacial score (nSPS) is 11.9. The molecule has 3 rings (SSSR count). The predicted octanol–water partition coefficient (Wildman–Crippen LogP) is 4.54. The minimum Gasteiger partial charge on any atom is -0.462 e. The van der Waals surface area contributed by atoms with E-state index in [0.717, 1.165) is 27.1 Å². The molecule has 4 nitrogen and oxygen atoms in total. The molecule has 0 bridgehead atoms. The predicted molar refractivity (Wildman–Crippen MR) is 108 cm³/mol. The number of carbonyl (C=O) groups is 1. The van der Waals surface area contributed by atoms with Gasteiger partial charge < -0.3 is 14.6 Å². The zero-order valence-electron chi connectivity index (χ0n) is 15.3. The lowest BCUT2D eigenvalue weighted by atomic mass is 9.99. The quantitative estimate of drug-likeness (QED) is 0.220. The summed E-state index contributed by atoms with van der Waals surface area (Å²) in [5.74, 6) is 0.228. The second-order valence-corrected chi connectivity index (χ2v) is 6.41. The number of aliphatic hydroxyl groups is 1. The molecule has 4 heteroatoms. The highest BCUT2D eigenvalue weighted by Gasteiger charge is 2.07. The molecule has 3 aromatic carbocycles. The van der Waals surface area contributed by atoms with Gasteiger partial charge in [-0.3, -0.25) is 0 Å². The second-order valence-electron chi connectivity index (χ2n) is 6.41. The van der Waals surface area contributed by atoms with Crippen molar-refractivity contribution in [2.24, 2.45) is 0 Å². The van der Waals surface area contributed by atoms with Gasteiger partial charge in [0.25, 0.3) is 0 Å². The molecular formula is C23H22O4. The summed E-state index contributed by atoms with van der Waals surface area (Å²) < 4.78 is 10.5. The van der Waals surface area contributed by atoms with E-state index in [4.69, 9.17) is 9.47 Å². The van der Waals surface area contributed by atoms with Crippen LogP contribution in [-0.4, -0.2) is 24.0 Å². The van der Waals surface area contributed by atoms with E-state index in [2.05, 4.69) is 31.4 Å². The number of aliphatic hydroxyl groups excluding tert-OH is 1. The molecule has 0 radical (unpaired) electrons. The summed E-state index contributed by atoms with van der Waals surface area (Å²) in [7, 11) is 0. The number of hydrogen-bond acceptors (Lipinski definition) is 4. The summed E-state index contributed by atoms with van der Waals surface area (Å²) in [6.45, 7) is 9.04. The van der Waals surface area contributed by atoms with Crippen molar-refractivity contribution in [3.63, 3.8) is 0 Å². The highest BCUT2D eigenvalue weighted by atomic mass is 16.6. The molecule has 0 aliphatic rings. The smallest absolute Gasteiger partial charge is 0.333 e. The molecule has 1 N–H and O–H groups in total. The van der Waals surface area contributed by atoms with Crippen molar-refractivity contribution in [1.29, 1.82) is 0 Å². The van der Waals surface area contributed by atoms with Crippen LogP contribution < -0.4 is 4.74 Å². The van der Waals surface area contributed by atoms with Crippen LogP contribution in [0.25, 0.3) is 21.5 Å². The Kier molecular flexibility index (Phi) is 5.57. The molecule has 0 aliphatic heterocycles. The van der Waals surface area contributed by atoms with E-state index < -0.39 is 6.29 Å². The molecule has 138 valence electrons. The highest BCUT2D eigenvalue weighted by Crippen LogP contribution is 2.29. The third-order valence-electron chi connectivity index (χ3n) is 4.30. The van der Waals surface area contributed by atoms with Crippen molar-refractivity contribution in [3.05, 3.63) is 78.9 Å². The van der Waals surface area contributed by atoms with Crippen LogP contribution in [0.5, 0.6) is 5.75 Å². The zero-order valence-corrected chi connectivity index (χ0v) is 15.3. The first kappa shape index (κ1) is 18.7. The number of fused-ring (bicyclic) bond motifs is 3. The Bertz CT molecular complexity index is 1020. The molecule has 0 heterocycles. The lowest BCUT2D eigenvalue weighted by Crippen LogP contribution is -2.10. The molecule has 0 aliphatic carbocycles. The van der Waals surface area contributed by atoms with Crippen LogP contribution in [0.2, 0.25) is 0 Å². The summed E-state index contributed by atoms with van der Waals surface area (Å²) >= 11 is 0. The Hall–Kier alpha value is -3.11. The van der Waals surface area contributed by atoms with E-state index in [-0.39, 0.29) is 5.97 Å². The Labute approximate surface area is 158 Å². The van der Waals surface area contributed by atoms with Gasteiger partial charge in [0.2, 0.25) is 6.29 Å². The molecule has 0 saturated carbocycles. The van der Waals surface area contributed by atoms with Gasteiger partial charge in [-0.25, -0.2) is 4.79 Å². The van der Waals surface area contributed by atoms with Gasteiger partial charge >= 0.3 is 5.97 Å². The fourth-order valence-corrected chi connectivity index (χ4v) is 2.90. The van der Waals surface area contributed by atoms with E-state index in [9.17, 15) is 9.90 Å². The third kappa shape index (κ3) is 4.36. The van der Waals surface area contributed by atoms with Crippen molar-refractivity contribution in [2.75, 3.05) is 6.61 Å². The Balaban J connectivity index is 1.82. The number of ether oxygens (including phenoxy) is 2. The van der Waals surface area contributed by atoms with E-state index in [0.29, 0.717) is 24.4 Å². The lowest BCUT2D eigenvalue weighted by molar-refractivity contribution is -0.138. The fraction of sp³-hybridized carbons (Fsp3) is 0.174. The molecule has 0 aromatic heterocycles. The van der Waals surface area contributed by atoms with Gasteiger partial charge in [-0.15, -0.1) is 0 Å². The first-order chi connectivity index (χ1) is 13.0. The summed E-state index contributed by atoms with van der Waals surface area (Å²) in [6, 6.07) is 16.0. The molecular weight excluding hydrogens is 340 g/mol. The van der Waals surface area contributed by atoms with Gasteiger partial charge in [-0.1, -0.05) is 49.6 Å². The van der Waals surface area contributed by atoms with Gasteiger partial charge in [0, 0.05) is 12.0 Å². The van der Waals surface area contributed by atoms with Crippen molar-refractivity contribution < 1.29 is 19.4 Å². The number of carbonyl (C=O) groups excluding carboxylic acids is 1. The van der Waals surface area contributed by atoms with Crippen molar-refractivity contribution in [3.8, 4) is 5.75 Å². The van der Waals surface area contributed by atoms with Gasteiger partial charge in [-0.2, -0.15) is 0 Å². The maximum absolute atomic E-state index is 11.5. The van der Waals surface area contributed by atoms with Crippen LogP contribution in [0.15, 0.2) is 73.3 Å². The monoisotopic (exact) mass is 362 g/mol. The summed E-state index contributed by atoms with van der Waals surface area (Å²) in [4.78, 5) is 11.5. The Morgan fingerprint density at radius 1 is 1.11 bits per heavy atom. The number of benzene rings is 3. The summed E-state index contributed by atoms with van der Waals surface area (Å²) in [5, 5.41) is 13.9. The molecule has 1 atom stereocenters. The first-order valence-corrected chi connectivity index (χ1v) is 8.73. The average Bonchev–Trinajstić information content (AvgIpc) is 2.67. The van der Waals surface area contributed by atoms with Gasteiger partial charge in [0.15, 0.2) is 0 Å². The number of esters is 1. The van der Waals surface area contributed by atoms with Crippen molar-refractivity contribution in [2.45, 2.75) is 19.6 Å². The maximum atomic E-state index is 11.5. The summed E-state index contributed by atoms with van der Waals surface area (Å²) in [5.41, 5.74) is 1.51. The molecule has 27 heavy (non-hydrogen) atoms. The van der Waals surface area contributed by atoms with Crippen LogP contribution in [0, 0.1) is 0 Å². The van der Waals surface area contributed by atoms with E-state index in [1.807, 2.05) is 30.3 Å². The average molecular weight is 362 g/mol. The third-order valence-corrected chi connectivity index (χ3v) is 4.30. The molecule has 0 amide bonds. The molecule has 0 fully saturated rings. The van der Waals surface area contributed by atoms with Crippen molar-refractivity contribution in [1.82, 2.24) is 0 Å². The number of hydrogen-bond donors (Lipinski definition) is 1. The molecule has 0 saturated heterocycles. The second kappa shape index (κ2) is 8.06. The lowest BCUT2D eigenvalue weighted by Gasteiger charge is -2.11. The van der Waals surface area contributed by atoms with E-state index >= 15 is 0 Å². The van der Waals surface area contributed by atoms with Crippen LogP contribution in [-0.2, 0) is 16.0 Å². The minimum atomic E-state index is -1.02. The van der Waals surface area contributed by atoms with Gasteiger partial charge in [0.1, 0.15) is 5.75 Å². The SMILES string of the molecule is C=CC(O)Oc1ccc2c(ccc3cc(CCOC(=O)C(=C)C)ccc32)c1. The van der Waals surface area contributed by atoms with Crippen LogP contribution in [0.3, 0.4) is 0 Å². The van der Waals surface area contributed by atoms with Crippen LogP contribution in [0.1, 0.15) is 12.5 Å². The number of rotatable bonds is 7.